The second kappa shape index (κ2) is 21.4. The van der Waals surface area contributed by atoms with Crippen molar-refractivity contribution in [3.05, 3.63) is 77.1 Å². The Kier molecular flexibility index (Phi) is 15.8. The zero-order valence-corrected chi connectivity index (χ0v) is 36.1. The van der Waals surface area contributed by atoms with Crippen LogP contribution in [0.1, 0.15) is 22.8 Å². The molecule has 4 aliphatic heterocycles. The van der Waals surface area contributed by atoms with Crippen molar-refractivity contribution in [2.45, 2.75) is 98.2 Å². The molecule has 0 amide bonds. The average molecular weight is 966 g/mol. The van der Waals surface area contributed by atoms with Crippen LogP contribution < -0.4 is 14.2 Å². The summed E-state index contributed by atoms with van der Waals surface area (Å²) in [7, 11) is 2.65. The van der Waals surface area contributed by atoms with Gasteiger partial charge in [0.25, 0.3) is 11.9 Å². The molecule has 0 radical (unpaired) electrons. The third-order valence-electron chi connectivity index (χ3n) is 11.6. The molecule has 24 nitrogen and oxygen atoms in total. The van der Waals surface area contributed by atoms with Gasteiger partial charge in [-0.05, 0) is 42.0 Å². The average Bonchev–Trinajstić information content (AvgIpc) is 3.32. The molecule has 7 rings (SSSR count). The molecule has 14 N–H and O–H groups in total. The van der Waals surface area contributed by atoms with Crippen molar-refractivity contribution in [3.8, 4) is 40.2 Å². The number of ether oxygens (including phenoxy) is 10. The second-order valence-electron chi connectivity index (χ2n) is 16.0. The number of aliphatic hydroxyl groups excluding tert-OH is 10. The van der Waals surface area contributed by atoms with E-state index in [1.165, 1.54) is 62.8 Å². The third-order valence-corrected chi connectivity index (χ3v) is 11.6. The van der Waals surface area contributed by atoms with E-state index in [9.17, 15) is 71.2 Å². The number of aromatic hydroxyl groups is 4. The first-order valence-electron chi connectivity index (χ1n) is 21.0. The van der Waals surface area contributed by atoms with Crippen molar-refractivity contribution in [2.75, 3.05) is 34.0 Å². The molecule has 3 saturated heterocycles. The van der Waals surface area contributed by atoms with Gasteiger partial charge >= 0.3 is 5.97 Å². The smallest absolute Gasteiger partial charge is 0.330 e. The van der Waals surface area contributed by atoms with Crippen LogP contribution in [0.2, 0.25) is 0 Å². The van der Waals surface area contributed by atoms with Gasteiger partial charge in [0.05, 0.1) is 39.1 Å². The number of phenolic OH excluding ortho intramolecular Hbond substituents is 3. The fourth-order valence-corrected chi connectivity index (χ4v) is 7.80. The fraction of sp³-hybridized carbons (Fsp3) is 0.477. The van der Waals surface area contributed by atoms with Crippen LogP contribution in [0.5, 0.6) is 40.2 Å². The Labute approximate surface area is 385 Å². The molecule has 0 bridgehead atoms. The molecule has 68 heavy (non-hydrogen) atoms. The van der Waals surface area contributed by atoms with Crippen LogP contribution >= 0.6 is 0 Å². The second-order valence-corrected chi connectivity index (χ2v) is 16.0. The lowest BCUT2D eigenvalue weighted by Crippen LogP contribution is -2.64. The highest BCUT2D eigenvalue weighted by Gasteiger charge is 2.53. The summed E-state index contributed by atoms with van der Waals surface area (Å²) in [6.45, 7) is -2.37. The van der Waals surface area contributed by atoms with Crippen molar-refractivity contribution in [3.63, 3.8) is 0 Å². The zero-order chi connectivity index (χ0) is 49.1. The normalized spacial score (nSPS) is 33.7. The van der Waals surface area contributed by atoms with E-state index in [0.29, 0.717) is 5.56 Å². The van der Waals surface area contributed by atoms with E-state index >= 15 is 0 Å². The van der Waals surface area contributed by atoms with E-state index in [0.717, 1.165) is 12.1 Å². The number of methoxy groups -OCH3 is 2. The van der Waals surface area contributed by atoms with Crippen molar-refractivity contribution >= 4 is 18.1 Å². The Morgan fingerprint density at radius 2 is 1.28 bits per heavy atom. The molecule has 3 aromatic carbocycles. The Morgan fingerprint density at radius 1 is 0.647 bits per heavy atom. The molecule has 0 aromatic heterocycles. The third kappa shape index (κ3) is 10.5. The van der Waals surface area contributed by atoms with Gasteiger partial charge in [0.2, 0.25) is 12.6 Å². The summed E-state index contributed by atoms with van der Waals surface area (Å²) in [5, 5.41) is 138. The molecule has 24 heteroatoms. The van der Waals surface area contributed by atoms with Crippen molar-refractivity contribution in [1.29, 1.82) is 0 Å². The molecule has 16 atom stereocenters. The van der Waals surface area contributed by atoms with E-state index in [2.05, 4.69) is 0 Å². The summed E-state index contributed by atoms with van der Waals surface area (Å²) < 4.78 is 56.0. The topological polar surface area (TPSA) is 376 Å². The van der Waals surface area contributed by atoms with Crippen molar-refractivity contribution in [1.82, 2.24) is 0 Å². The number of rotatable bonds is 15. The predicted octanol–water partition coefficient (Wildman–Crippen LogP) is -2.76. The number of phenols is 3. The largest absolute Gasteiger partial charge is 0.571 e. The standard InChI is InChI=1S/C44H52O24/c1-59-23-7-3-17(9-22(23)49)4-8-31(50)61-16-30-34(53)37(56)41(68-43-39(58)36(55)33(52)29(15-46)66-43)44(67-30)64-27-13-20-24(62-40(27)18-5-6-21(48)26(10-18)60-2)11-19(47)12-25(20)63-42-38(57)35(54)32(51)28(14-45)65-42/h3-13,28-30,32-49,51-58H,14-16H2,1-2H3/p+1. The van der Waals surface area contributed by atoms with Gasteiger partial charge in [0.15, 0.2) is 41.2 Å². The predicted molar refractivity (Wildman–Crippen MR) is 225 cm³/mol. The van der Waals surface area contributed by atoms with E-state index in [1.54, 1.807) is 6.07 Å². The lowest BCUT2D eigenvalue weighted by molar-refractivity contribution is -0.364. The first kappa shape index (κ1) is 50.3. The fourth-order valence-electron chi connectivity index (χ4n) is 7.80. The molecule has 16 unspecified atom stereocenters. The number of hydrogen-bond donors (Lipinski definition) is 13. The minimum absolute atomic E-state index is 0.0126. The van der Waals surface area contributed by atoms with Crippen LogP contribution in [0.3, 0.4) is 0 Å². The summed E-state index contributed by atoms with van der Waals surface area (Å²) in [6, 6.07) is 10.8. The lowest BCUT2D eigenvalue weighted by atomic mass is 9.97. The highest BCUT2D eigenvalue weighted by atomic mass is 16.8. The molecular formula is C44H53O24+. The first-order valence-corrected chi connectivity index (χ1v) is 21.0. The molecule has 4 aliphatic rings. The minimum atomic E-state index is -2.05. The van der Waals surface area contributed by atoms with Crippen molar-refractivity contribution in [2.24, 2.45) is 0 Å². The number of benzene rings is 3. The van der Waals surface area contributed by atoms with Crippen LogP contribution in [0.15, 0.2) is 60.4 Å². The number of fused-ring (bicyclic) bond motifs is 1. The maximum atomic E-state index is 12.9. The van der Waals surface area contributed by atoms with Gasteiger partial charge in [-0.2, -0.15) is 0 Å². The number of hydrogen-bond acceptors (Lipinski definition) is 23. The van der Waals surface area contributed by atoms with E-state index < -0.39 is 130 Å². The monoisotopic (exact) mass is 965 g/mol. The lowest BCUT2D eigenvalue weighted by Gasteiger charge is -2.46. The van der Waals surface area contributed by atoms with E-state index in [-0.39, 0.29) is 51.4 Å². The minimum Gasteiger partial charge on any atom is -0.571 e. The Morgan fingerprint density at radius 3 is 1.93 bits per heavy atom. The molecule has 372 valence electrons. The summed E-state index contributed by atoms with van der Waals surface area (Å²) in [6.07, 6.45) is -24.8. The van der Waals surface area contributed by atoms with Crippen LogP contribution in [0.25, 0.3) is 12.2 Å². The summed E-state index contributed by atoms with van der Waals surface area (Å²) in [5.74, 6) is -2.09. The summed E-state index contributed by atoms with van der Waals surface area (Å²) in [5.41, 5.74) is 0.667. The van der Waals surface area contributed by atoms with Gasteiger partial charge in [0.1, 0.15) is 90.8 Å². The van der Waals surface area contributed by atoms with Gasteiger partial charge in [-0.15, -0.1) is 0 Å². The van der Waals surface area contributed by atoms with Crippen LogP contribution in [-0.2, 0) is 33.2 Å². The highest BCUT2D eigenvalue weighted by Crippen LogP contribution is 2.48. The quantitative estimate of drug-likeness (QED) is 0.0417. The van der Waals surface area contributed by atoms with Gasteiger partial charge < -0.3 is 114 Å². The molecule has 0 saturated carbocycles. The molecule has 3 aromatic rings. The van der Waals surface area contributed by atoms with Gasteiger partial charge in [0, 0.05) is 18.2 Å². The summed E-state index contributed by atoms with van der Waals surface area (Å²) in [4.78, 5) is 12.9. The number of esters is 1. The van der Waals surface area contributed by atoms with E-state index in [1.807, 2.05) is 0 Å². The molecule has 3 fully saturated rings. The molecule has 0 spiro atoms. The molecular weight excluding hydrogens is 912 g/mol. The zero-order valence-electron chi connectivity index (χ0n) is 36.1. The maximum Gasteiger partial charge on any atom is 0.330 e. The number of aliphatic hydroxyl groups is 11. The first-order chi connectivity index (χ1) is 32.5. The van der Waals surface area contributed by atoms with Gasteiger partial charge in [-0.1, -0.05) is 6.07 Å². The Hall–Kier alpha value is -5.55. The maximum absolute atomic E-state index is 12.9. The van der Waals surface area contributed by atoms with Gasteiger partial charge in [-0.3, -0.25) is 0 Å². The Bertz CT molecular complexity index is 2290. The van der Waals surface area contributed by atoms with E-state index in [4.69, 9.17) is 47.4 Å². The summed E-state index contributed by atoms with van der Waals surface area (Å²) >= 11 is 0. The molecule has 4 heterocycles. The number of carbonyl (C=O) groups is 1. The molecule has 0 aliphatic carbocycles. The van der Waals surface area contributed by atoms with Crippen LogP contribution in [-0.4, -0.2) is 203 Å². The van der Waals surface area contributed by atoms with Crippen molar-refractivity contribution < 1.29 is 119 Å². The SMILES string of the molecule is COc1ccc(C=CC(=O)OCC2OC(OC3=Cc4c(OC5OC(CO)C(O)C(O)C5O)cc(O)cc4[OH+]C3c3ccc(O)c(OC)c3)C(OC3OC(CO)C(O)C(O)C3O)C(O)C2O)cc1O. The Balaban J connectivity index is 1.25. The highest BCUT2D eigenvalue weighted by molar-refractivity contribution is 5.87. The van der Waals surface area contributed by atoms with Crippen LogP contribution in [0.4, 0.5) is 0 Å². The number of carbonyl (C=O) groups excluding carboxylic acids is 1. The van der Waals surface area contributed by atoms with Crippen LogP contribution in [0, 0.1) is 0 Å². The van der Waals surface area contributed by atoms with Gasteiger partial charge in [-0.25, -0.2) is 4.79 Å².